The minimum Gasteiger partial charge on any atom is -0.490 e. The van der Waals surface area contributed by atoms with Crippen LogP contribution in [0.4, 0.5) is 0 Å². The third-order valence-electron chi connectivity index (χ3n) is 4.84. The van der Waals surface area contributed by atoms with E-state index in [9.17, 15) is 19.6 Å². The smallest absolute Gasteiger partial charge is 0.348 e. The Labute approximate surface area is 215 Å². The Bertz CT molecular complexity index is 1190. The van der Waals surface area contributed by atoms with Gasteiger partial charge in [0.05, 0.1) is 37.1 Å². The Morgan fingerprint density at radius 3 is 2.28 bits per heavy atom. The number of rotatable bonds is 12. The van der Waals surface area contributed by atoms with Crippen LogP contribution in [0, 0.1) is 18.3 Å². The maximum atomic E-state index is 13.1. The summed E-state index contributed by atoms with van der Waals surface area (Å²) in [6.07, 6.45) is 1.16. The number of ether oxygens (including phenoxy) is 4. The maximum absolute atomic E-state index is 13.1. The number of nitrogens with zero attached hydrogens (tertiary/aromatic N) is 1. The van der Waals surface area contributed by atoms with Gasteiger partial charge in [-0.2, -0.15) is 5.26 Å². The van der Waals surface area contributed by atoms with Gasteiger partial charge < -0.3 is 18.9 Å². The first-order chi connectivity index (χ1) is 17.2. The van der Waals surface area contributed by atoms with Gasteiger partial charge in [-0.05, 0) is 70.9 Å². The van der Waals surface area contributed by atoms with E-state index in [1.807, 2.05) is 26.8 Å². The minimum atomic E-state index is -0.630. The van der Waals surface area contributed by atoms with E-state index < -0.39 is 17.7 Å². The molecular weight excluding hydrogens is 482 g/mol. The molecule has 1 aromatic heterocycles. The molecule has 36 heavy (non-hydrogen) atoms. The number of thiophene rings is 1. The molecule has 0 amide bonds. The summed E-state index contributed by atoms with van der Waals surface area (Å²) in [4.78, 5) is 38.7. The fourth-order valence-corrected chi connectivity index (χ4v) is 4.56. The van der Waals surface area contributed by atoms with Gasteiger partial charge in [0, 0.05) is 11.3 Å². The number of hydrogen-bond acceptors (Lipinski definition) is 9. The van der Waals surface area contributed by atoms with Crippen LogP contribution in [-0.4, -0.2) is 43.6 Å². The van der Waals surface area contributed by atoms with E-state index in [4.69, 9.17) is 18.9 Å². The Morgan fingerprint density at radius 1 is 1.03 bits per heavy atom. The van der Waals surface area contributed by atoms with Crippen molar-refractivity contribution >= 4 is 35.1 Å². The SMILES string of the molecule is CCOC(=O)c1sc(CC(=O)C(C#N)=Cc2ccc(OC(C)C)c(OCC)c2)c(C(=O)OCC)c1C. The first-order valence-corrected chi connectivity index (χ1v) is 12.5. The highest BCUT2D eigenvalue weighted by Crippen LogP contribution is 2.32. The van der Waals surface area contributed by atoms with Crippen LogP contribution in [0.2, 0.25) is 0 Å². The molecule has 192 valence electrons. The highest BCUT2D eigenvalue weighted by molar-refractivity contribution is 7.14. The number of carbonyl (C=O) groups is 3. The summed E-state index contributed by atoms with van der Waals surface area (Å²) in [6.45, 7) is 11.3. The molecular formula is C27H31NO7S. The number of Topliss-reactive ketones (excluding diaryl/α,β-unsaturated/α-hetero) is 1. The van der Waals surface area contributed by atoms with E-state index >= 15 is 0 Å². The van der Waals surface area contributed by atoms with Crippen LogP contribution >= 0.6 is 11.3 Å². The van der Waals surface area contributed by atoms with Crippen molar-refractivity contribution in [3.8, 4) is 17.6 Å². The maximum Gasteiger partial charge on any atom is 0.348 e. The summed E-state index contributed by atoms with van der Waals surface area (Å²) in [6, 6.07) is 7.09. The van der Waals surface area contributed by atoms with Gasteiger partial charge in [0.15, 0.2) is 17.3 Å². The standard InChI is InChI=1S/C27H31NO7S/c1-7-32-22-13-18(10-11-21(22)35-16(4)5)12-19(15-28)20(29)14-23-24(26(30)33-8-2)17(6)25(36-23)27(31)34-9-3/h10-13,16H,7-9,14H2,1-6H3. The zero-order valence-electron chi connectivity index (χ0n) is 21.4. The van der Waals surface area contributed by atoms with Crippen LogP contribution in [0.1, 0.15) is 70.7 Å². The molecule has 0 radical (unpaired) electrons. The number of esters is 2. The molecule has 0 N–H and O–H groups in total. The summed E-state index contributed by atoms with van der Waals surface area (Å²) >= 11 is 0.998. The van der Waals surface area contributed by atoms with E-state index in [1.54, 1.807) is 39.0 Å². The summed E-state index contributed by atoms with van der Waals surface area (Å²) in [5.74, 6) is -0.641. The molecule has 0 saturated heterocycles. The van der Waals surface area contributed by atoms with Crippen LogP contribution in [-0.2, 0) is 20.7 Å². The number of ketones is 1. The lowest BCUT2D eigenvalue weighted by molar-refractivity contribution is -0.114. The van der Waals surface area contributed by atoms with Crippen LogP contribution in [0.3, 0.4) is 0 Å². The monoisotopic (exact) mass is 513 g/mol. The van der Waals surface area contributed by atoms with Gasteiger partial charge in [0.2, 0.25) is 0 Å². The minimum absolute atomic E-state index is 0.0517. The highest BCUT2D eigenvalue weighted by Gasteiger charge is 2.28. The fraction of sp³-hybridized carbons (Fsp3) is 0.407. The molecule has 1 heterocycles. The van der Waals surface area contributed by atoms with Gasteiger partial charge in [-0.1, -0.05) is 6.07 Å². The molecule has 0 aliphatic rings. The van der Waals surface area contributed by atoms with Crippen LogP contribution in [0.25, 0.3) is 6.08 Å². The average Bonchev–Trinajstić information content (AvgIpc) is 3.14. The van der Waals surface area contributed by atoms with Crippen molar-refractivity contribution in [2.24, 2.45) is 0 Å². The predicted molar refractivity (Wildman–Crippen MR) is 137 cm³/mol. The Hall–Kier alpha value is -3.64. The van der Waals surface area contributed by atoms with Crippen LogP contribution in [0.5, 0.6) is 11.5 Å². The van der Waals surface area contributed by atoms with Crippen molar-refractivity contribution in [1.29, 1.82) is 5.26 Å². The third-order valence-corrected chi connectivity index (χ3v) is 6.12. The number of carbonyl (C=O) groups excluding carboxylic acids is 3. The number of benzene rings is 1. The zero-order valence-corrected chi connectivity index (χ0v) is 22.2. The summed E-state index contributed by atoms with van der Waals surface area (Å²) in [5.41, 5.74) is 1.03. The molecule has 0 atom stereocenters. The van der Waals surface area contributed by atoms with Crippen molar-refractivity contribution in [2.45, 2.75) is 54.1 Å². The Morgan fingerprint density at radius 2 is 1.69 bits per heavy atom. The summed E-state index contributed by atoms with van der Waals surface area (Å²) in [7, 11) is 0. The molecule has 0 aliphatic heterocycles. The normalized spacial score (nSPS) is 11.1. The molecule has 0 unspecified atom stereocenters. The molecule has 2 aromatic rings. The number of allylic oxidation sites excluding steroid dienone is 1. The van der Waals surface area contributed by atoms with E-state index in [-0.39, 0.29) is 41.8 Å². The predicted octanol–water partition coefficient (Wildman–Crippen LogP) is 5.31. The van der Waals surface area contributed by atoms with Crippen LogP contribution in [0.15, 0.2) is 23.8 Å². The van der Waals surface area contributed by atoms with Gasteiger partial charge in [-0.15, -0.1) is 11.3 Å². The summed E-state index contributed by atoms with van der Waals surface area (Å²) in [5, 5.41) is 9.71. The second-order valence-electron chi connectivity index (χ2n) is 7.87. The van der Waals surface area contributed by atoms with Crippen molar-refractivity contribution in [2.75, 3.05) is 19.8 Å². The van der Waals surface area contributed by atoms with E-state index in [1.165, 1.54) is 6.08 Å². The first-order valence-electron chi connectivity index (χ1n) is 11.7. The average molecular weight is 514 g/mol. The molecule has 0 fully saturated rings. The van der Waals surface area contributed by atoms with Crippen LogP contribution < -0.4 is 9.47 Å². The third kappa shape index (κ3) is 7.18. The van der Waals surface area contributed by atoms with Gasteiger partial charge in [-0.3, -0.25) is 4.79 Å². The van der Waals surface area contributed by atoms with Gasteiger partial charge in [0.1, 0.15) is 10.9 Å². The van der Waals surface area contributed by atoms with E-state index in [0.717, 1.165) is 11.3 Å². The fourth-order valence-electron chi connectivity index (χ4n) is 3.38. The second kappa shape index (κ2) is 13.4. The molecule has 0 spiro atoms. The lowest BCUT2D eigenvalue weighted by atomic mass is 10.0. The topological polar surface area (TPSA) is 112 Å². The molecule has 9 heteroatoms. The number of hydrogen-bond donors (Lipinski definition) is 0. The molecule has 8 nitrogen and oxygen atoms in total. The van der Waals surface area contributed by atoms with Gasteiger partial charge in [0.25, 0.3) is 0 Å². The lowest BCUT2D eigenvalue weighted by Crippen LogP contribution is -2.12. The molecule has 1 aromatic carbocycles. The van der Waals surface area contributed by atoms with E-state index in [0.29, 0.717) is 34.1 Å². The van der Waals surface area contributed by atoms with Crippen molar-refractivity contribution in [1.82, 2.24) is 0 Å². The summed E-state index contributed by atoms with van der Waals surface area (Å²) < 4.78 is 21.6. The Kier molecular flexibility index (Phi) is 10.7. The van der Waals surface area contributed by atoms with Crippen molar-refractivity contribution in [3.63, 3.8) is 0 Å². The largest absolute Gasteiger partial charge is 0.490 e. The highest BCUT2D eigenvalue weighted by atomic mass is 32.1. The Balaban J connectivity index is 2.43. The lowest BCUT2D eigenvalue weighted by Gasteiger charge is -2.15. The van der Waals surface area contributed by atoms with Crippen molar-refractivity contribution < 1.29 is 33.3 Å². The quantitative estimate of drug-likeness (QED) is 0.213. The van der Waals surface area contributed by atoms with Crippen molar-refractivity contribution in [3.05, 3.63) is 50.2 Å². The second-order valence-corrected chi connectivity index (χ2v) is 8.98. The first kappa shape index (κ1) is 28.6. The zero-order chi connectivity index (χ0) is 26.8. The van der Waals surface area contributed by atoms with Gasteiger partial charge >= 0.3 is 11.9 Å². The molecule has 2 rings (SSSR count). The molecule has 0 bridgehead atoms. The molecule has 0 aliphatic carbocycles. The number of nitriles is 1. The molecule has 0 saturated carbocycles. The van der Waals surface area contributed by atoms with Gasteiger partial charge in [-0.25, -0.2) is 9.59 Å². The van der Waals surface area contributed by atoms with E-state index in [2.05, 4.69) is 0 Å².